The van der Waals surface area contributed by atoms with Crippen molar-refractivity contribution < 1.29 is 27.9 Å². The van der Waals surface area contributed by atoms with E-state index in [4.69, 9.17) is 37.7 Å². The van der Waals surface area contributed by atoms with Crippen LogP contribution in [-0.2, 0) is 0 Å². The summed E-state index contributed by atoms with van der Waals surface area (Å²) >= 11 is 10.9. The SMILES string of the molecule is CC.COc1cc(Cl)c(F)cc1O[B]O.COc1ccc(F)c(Cl)c1. The molecule has 0 amide bonds. The lowest BCUT2D eigenvalue weighted by Crippen LogP contribution is -2.02. The van der Waals surface area contributed by atoms with Crippen LogP contribution in [0.3, 0.4) is 0 Å². The van der Waals surface area contributed by atoms with Gasteiger partial charge in [-0.3, -0.25) is 0 Å². The Morgan fingerprint density at radius 3 is 1.96 bits per heavy atom. The molecule has 4 nitrogen and oxygen atoms in total. The third-order valence-electron chi connectivity index (χ3n) is 2.51. The van der Waals surface area contributed by atoms with Gasteiger partial charge in [0, 0.05) is 18.2 Å². The highest BCUT2D eigenvalue weighted by atomic mass is 35.5. The Morgan fingerprint density at radius 1 is 0.880 bits per heavy atom. The van der Waals surface area contributed by atoms with Gasteiger partial charge in [-0.05, 0) is 12.1 Å². The van der Waals surface area contributed by atoms with Gasteiger partial charge in [0.2, 0.25) is 0 Å². The molecule has 137 valence electrons. The first-order valence-electron chi connectivity index (χ1n) is 7.07. The standard InChI is InChI=1S/C7H6BClFO3.C7H6ClFO.C2H6/c1-12-6-2-4(9)5(10)3-7(6)13-8-11;1-10-5-2-3-7(9)6(8)4-5;1-2/h2-3,11H,1H3;2-4H,1H3;1-2H3. The van der Waals surface area contributed by atoms with Gasteiger partial charge >= 0.3 is 7.69 Å². The molecule has 9 heteroatoms. The van der Waals surface area contributed by atoms with Gasteiger partial charge in [0.05, 0.1) is 24.3 Å². The number of halogens is 4. The van der Waals surface area contributed by atoms with E-state index in [1.54, 1.807) is 0 Å². The highest BCUT2D eigenvalue weighted by Gasteiger charge is 2.10. The molecule has 25 heavy (non-hydrogen) atoms. The van der Waals surface area contributed by atoms with Crippen molar-refractivity contribution in [3.05, 3.63) is 52.0 Å². The third kappa shape index (κ3) is 7.81. The summed E-state index contributed by atoms with van der Waals surface area (Å²) in [6.45, 7) is 4.00. The minimum absolute atomic E-state index is 0.0619. The molecule has 0 aliphatic carbocycles. The first-order valence-corrected chi connectivity index (χ1v) is 7.83. The minimum Gasteiger partial charge on any atom is -0.535 e. The van der Waals surface area contributed by atoms with Crippen molar-refractivity contribution in [3.8, 4) is 17.2 Å². The second kappa shape index (κ2) is 12.6. The molecule has 0 saturated heterocycles. The molecule has 0 aliphatic heterocycles. The maximum Gasteiger partial charge on any atom is 0.569 e. The van der Waals surface area contributed by atoms with Crippen LogP contribution in [0.15, 0.2) is 30.3 Å². The first-order chi connectivity index (χ1) is 11.9. The Balaban J connectivity index is 0.000000430. The zero-order valence-corrected chi connectivity index (χ0v) is 15.7. The second-order valence-corrected chi connectivity index (χ2v) is 4.73. The van der Waals surface area contributed by atoms with Gasteiger partial charge in [0.1, 0.15) is 23.1 Å². The van der Waals surface area contributed by atoms with Crippen molar-refractivity contribution in [3.63, 3.8) is 0 Å². The summed E-state index contributed by atoms with van der Waals surface area (Å²) in [5.41, 5.74) is 0. The zero-order valence-electron chi connectivity index (χ0n) is 14.1. The fourth-order valence-electron chi connectivity index (χ4n) is 1.42. The molecule has 0 saturated carbocycles. The van der Waals surface area contributed by atoms with Crippen molar-refractivity contribution in [1.29, 1.82) is 0 Å². The minimum atomic E-state index is -0.640. The molecule has 2 aromatic carbocycles. The lowest BCUT2D eigenvalue weighted by atomic mass is 10.3. The van der Waals surface area contributed by atoms with Crippen LogP contribution in [-0.4, -0.2) is 26.9 Å². The van der Waals surface area contributed by atoms with Crippen LogP contribution in [0.2, 0.25) is 10.0 Å². The van der Waals surface area contributed by atoms with Crippen LogP contribution >= 0.6 is 23.2 Å². The van der Waals surface area contributed by atoms with E-state index in [1.165, 1.54) is 38.5 Å². The Morgan fingerprint density at radius 2 is 1.48 bits per heavy atom. The summed E-state index contributed by atoms with van der Waals surface area (Å²) < 4.78 is 39.5. The van der Waals surface area contributed by atoms with Gasteiger partial charge < -0.3 is 19.2 Å². The fraction of sp³-hybridized carbons (Fsp3) is 0.250. The second-order valence-electron chi connectivity index (χ2n) is 3.92. The summed E-state index contributed by atoms with van der Waals surface area (Å²) in [5, 5.41) is 8.36. The summed E-state index contributed by atoms with van der Waals surface area (Å²) in [5.74, 6) is -0.197. The van der Waals surface area contributed by atoms with Crippen LogP contribution in [0.25, 0.3) is 0 Å². The highest BCUT2D eigenvalue weighted by molar-refractivity contribution is 6.31. The molecule has 0 unspecified atom stereocenters. The van der Waals surface area contributed by atoms with Crippen molar-refractivity contribution in [2.45, 2.75) is 13.8 Å². The molecule has 0 atom stereocenters. The molecule has 0 spiro atoms. The maximum absolute atomic E-state index is 12.9. The van der Waals surface area contributed by atoms with Crippen LogP contribution in [0.5, 0.6) is 17.2 Å². The van der Waals surface area contributed by atoms with Gasteiger partial charge in [0.25, 0.3) is 0 Å². The van der Waals surface area contributed by atoms with E-state index in [9.17, 15) is 8.78 Å². The average Bonchev–Trinajstić information content (AvgIpc) is 2.63. The molecule has 1 radical (unpaired) electrons. The Kier molecular flexibility index (Phi) is 11.8. The lowest BCUT2D eigenvalue weighted by Gasteiger charge is -2.08. The molecule has 2 rings (SSSR count). The molecule has 0 bridgehead atoms. The van der Waals surface area contributed by atoms with Gasteiger partial charge in [-0.15, -0.1) is 0 Å². The van der Waals surface area contributed by atoms with E-state index in [1.807, 2.05) is 13.8 Å². The average molecular weight is 394 g/mol. The molecule has 0 aliphatic rings. The quantitative estimate of drug-likeness (QED) is 0.750. The van der Waals surface area contributed by atoms with E-state index in [0.29, 0.717) is 13.4 Å². The van der Waals surface area contributed by atoms with E-state index in [0.717, 1.165) is 6.07 Å². The van der Waals surface area contributed by atoms with Crippen molar-refractivity contribution in [1.82, 2.24) is 0 Å². The van der Waals surface area contributed by atoms with Crippen molar-refractivity contribution >= 4 is 30.9 Å². The van der Waals surface area contributed by atoms with Gasteiger partial charge in [-0.25, -0.2) is 8.78 Å². The number of rotatable bonds is 4. The highest BCUT2D eigenvalue weighted by Crippen LogP contribution is 2.31. The van der Waals surface area contributed by atoms with Crippen molar-refractivity contribution in [2.75, 3.05) is 14.2 Å². The van der Waals surface area contributed by atoms with Gasteiger partial charge in [-0.2, -0.15) is 0 Å². The lowest BCUT2D eigenvalue weighted by molar-refractivity contribution is 0.379. The smallest absolute Gasteiger partial charge is 0.535 e. The number of benzene rings is 2. The van der Waals surface area contributed by atoms with Crippen molar-refractivity contribution in [2.24, 2.45) is 0 Å². The predicted molar refractivity (Wildman–Crippen MR) is 95.9 cm³/mol. The van der Waals surface area contributed by atoms with Crippen LogP contribution in [0.1, 0.15) is 13.8 Å². The summed E-state index contributed by atoms with van der Waals surface area (Å²) in [4.78, 5) is 0. The topological polar surface area (TPSA) is 47.9 Å². The molecular formula is C16H18BCl2F2O4. The summed E-state index contributed by atoms with van der Waals surface area (Å²) in [7, 11) is 3.32. The maximum atomic E-state index is 12.9. The monoisotopic (exact) mass is 393 g/mol. The normalized spacial score (nSPS) is 9.00. The zero-order chi connectivity index (χ0) is 19.4. The van der Waals surface area contributed by atoms with Crippen LogP contribution in [0.4, 0.5) is 8.78 Å². The molecule has 0 fully saturated rings. The predicted octanol–water partition coefficient (Wildman–Crippen LogP) is 4.91. The number of hydrogen-bond acceptors (Lipinski definition) is 4. The molecule has 1 N–H and O–H groups in total. The Hall–Kier alpha value is -1.70. The first kappa shape index (κ1) is 23.3. The van der Waals surface area contributed by atoms with Crippen LogP contribution < -0.4 is 14.1 Å². The van der Waals surface area contributed by atoms with Gasteiger partial charge in [-0.1, -0.05) is 37.0 Å². The molecule has 0 aromatic heterocycles. The number of ether oxygens (including phenoxy) is 2. The third-order valence-corrected chi connectivity index (χ3v) is 3.09. The van der Waals surface area contributed by atoms with E-state index >= 15 is 0 Å². The van der Waals surface area contributed by atoms with E-state index in [2.05, 4.69) is 4.65 Å². The Labute approximate surface area is 156 Å². The van der Waals surface area contributed by atoms with Gasteiger partial charge in [0.15, 0.2) is 5.75 Å². The summed E-state index contributed by atoms with van der Waals surface area (Å²) in [6.07, 6.45) is 0. The molecule has 0 heterocycles. The molecule has 2 aromatic rings. The van der Waals surface area contributed by atoms with Crippen LogP contribution in [0, 0.1) is 11.6 Å². The van der Waals surface area contributed by atoms with E-state index < -0.39 is 11.6 Å². The summed E-state index contributed by atoms with van der Waals surface area (Å²) in [6, 6.07) is 6.49. The number of methoxy groups -OCH3 is 2. The largest absolute Gasteiger partial charge is 0.569 e. The molecular weight excluding hydrogens is 376 g/mol. The van der Waals surface area contributed by atoms with E-state index in [-0.39, 0.29) is 21.5 Å². The number of hydrogen-bond donors (Lipinski definition) is 1. The fourth-order valence-corrected chi connectivity index (χ4v) is 1.75. The Bertz CT molecular complexity index is 660.